The summed E-state index contributed by atoms with van der Waals surface area (Å²) >= 11 is 0. The molecule has 0 bridgehead atoms. The largest absolute Gasteiger partial charge is 0.496 e. The second kappa shape index (κ2) is 7.61. The van der Waals surface area contributed by atoms with E-state index in [-0.39, 0.29) is 5.91 Å². The standard InChI is InChI=1S/C19H20F2N2O2/c1-25-17-8-3-2-6-15(17)19(24)23-11-9-22(10-12-23)13-14-5-4-7-16(20)18(14)21/h2-8H,9-13H2,1H3. The lowest BCUT2D eigenvalue weighted by Gasteiger charge is -2.35. The fourth-order valence-corrected chi connectivity index (χ4v) is 3.01. The van der Waals surface area contributed by atoms with Gasteiger partial charge in [-0.2, -0.15) is 0 Å². The minimum atomic E-state index is -0.831. The van der Waals surface area contributed by atoms with E-state index in [1.807, 2.05) is 11.0 Å². The number of hydrogen-bond donors (Lipinski definition) is 0. The first-order valence-electron chi connectivity index (χ1n) is 8.17. The number of nitrogens with zero attached hydrogens (tertiary/aromatic N) is 2. The molecule has 4 nitrogen and oxygen atoms in total. The van der Waals surface area contributed by atoms with Crippen LogP contribution in [0.2, 0.25) is 0 Å². The molecule has 0 aliphatic carbocycles. The summed E-state index contributed by atoms with van der Waals surface area (Å²) in [5, 5.41) is 0. The summed E-state index contributed by atoms with van der Waals surface area (Å²) in [6, 6.07) is 11.3. The second-order valence-corrected chi connectivity index (χ2v) is 5.98. The lowest BCUT2D eigenvalue weighted by Crippen LogP contribution is -2.48. The van der Waals surface area contributed by atoms with E-state index in [1.54, 1.807) is 29.2 Å². The van der Waals surface area contributed by atoms with E-state index in [9.17, 15) is 13.6 Å². The van der Waals surface area contributed by atoms with E-state index in [0.717, 1.165) is 6.07 Å². The normalized spacial score (nSPS) is 15.2. The molecule has 25 heavy (non-hydrogen) atoms. The number of para-hydroxylation sites is 1. The molecule has 1 saturated heterocycles. The molecule has 2 aromatic carbocycles. The number of benzene rings is 2. The number of carbonyl (C=O) groups is 1. The van der Waals surface area contributed by atoms with Crippen LogP contribution >= 0.6 is 0 Å². The summed E-state index contributed by atoms with van der Waals surface area (Å²) in [6.07, 6.45) is 0. The molecule has 1 aliphatic heterocycles. The molecule has 3 rings (SSSR count). The van der Waals surface area contributed by atoms with Crippen molar-refractivity contribution in [1.29, 1.82) is 0 Å². The van der Waals surface area contributed by atoms with Gasteiger partial charge in [0.15, 0.2) is 11.6 Å². The van der Waals surface area contributed by atoms with E-state index in [2.05, 4.69) is 0 Å². The van der Waals surface area contributed by atoms with Crippen LogP contribution in [-0.4, -0.2) is 49.0 Å². The minimum absolute atomic E-state index is 0.0750. The maximum Gasteiger partial charge on any atom is 0.257 e. The van der Waals surface area contributed by atoms with Crippen LogP contribution in [0.25, 0.3) is 0 Å². The molecular weight excluding hydrogens is 326 g/mol. The topological polar surface area (TPSA) is 32.8 Å². The van der Waals surface area contributed by atoms with Crippen molar-refractivity contribution in [1.82, 2.24) is 9.80 Å². The van der Waals surface area contributed by atoms with Gasteiger partial charge in [-0.1, -0.05) is 24.3 Å². The first-order valence-corrected chi connectivity index (χ1v) is 8.17. The highest BCUT2D eigenvalue weighted by molar-refractivity contribution is 5.97. The van der Waals surface area contributed by atoms with Crippen molar-refractivity contribution in [2.24, 2.45) is 0 Å². The van der Waals surface area contributed by atoms with Crippen LogP contribution in [0.4, 0.5) is 8.78 Å². The number of amides is 1. The van der Waals surface area contributed by atoms with Crippen molar-refractivity contribution < 1.29 is 18.3 Å². The third-order valence-electron chi connectivity index (χ3n) is 4.42. The molecule has 0 radical (unpaired) electrons. The smallest absolute Gasteiger partial charge is 0.257 e. The SMILES string of the molecule is COc1ccccc1C(=O)N1CCN(Cc2cccc(F)c2F)CC1. The monoisotopic (exact) mass is 346 g/mol. The average Bonchev–Trinajstić information content (AvgIpc) is 2.65. The van der Waals surface area contributed by atoms with Gasteiger partial charge in [-0.25, -0.2) is 8.78 Å². The Bertz CT molecular complexity index is 759. The maximum atomic E-state index is 13.8. The van der Waals surface area contributed by atoms with Crippen LogP contribution in [0, 0.1) is 11.6 Å². The predicted octanol–water partition coefficient (Wildman–Crippen LogP) is 2.93. The summed E-state index contributed by atoms with van der Waals surface area (Å²) < 4.78 is 32.3. The molecule has 0 atom stereocenters. The van der Waals surface area contributed by atoms with Crippen molar-refractivity contribution in [2.45, 2.75) is 6.54 Å². The van der Waals surface area contributed by atoms with E-state index >= 15 is 0 Å². The quantitative estimate of drug-likeness (QED) is 0.853. The second-order valence-electron chi connectivity index (χ2n) is 5.98. The minimum Gasteiger partial charge on any atom is -0.496 e. The molecule has 132 valence electrons. The molecule has 1 amide bonds. The van der Waals surface area contributed by atoms with Gasteiger partial charge in [0.2, 0.25) is 0 Å². The molecule has 0 saturated carbocycles. The third kappa shape index (κ3) is 3.79. The molecule has 0 aromatic heterocycles. The van der Waals surface area contributed by atoms with Gasteiger partial charge in [-0.15, -0.1) is 0 Å². The van der Waals surface area contributed by atoms with Gasteiger partial charge in [0.05, 0.1) is 12.7 Å². The fourth-order valence-electron chi connectivity index (χ4n) is 3.01. The van der Waals surface area contributed by atoms with E-state index in [0.29, 0.717) is 49.6 Å². The predicted molar refractivity (Wildman–Crippen MR) is 90.5 cm³/mol. The van der Waals surface area contributed by atoms with Gasteiger partial charge in [-0.05, 0) is 18.2 Å². The van der Waals surface area contributed by atoms with Crippen LogP contribution < -0.4 is 4.74 Å². The van der Waals surface area contributed by atoms with Crippen LogP contribution in [0.3, 0.4) is 0 Å². The number of rotatable bonds is 4. The Balaban J connectivity index is 1.62. The fraction of sp³-hybridized carbons (Fsp3) is 0.316. The maximum absolute atomic E-state index is 13.8. The Morgan fingerprint density at radius 1 is 1.04 bits per heavy atom. The first-order chi connectivity index (χ1) is 12.1. The Hall–Kier alpha value is -2.47. The van der Waals surface area contributed by atoms with Gasteiger partial charge < -0.3 is 9.64 Å². The van der Waals surface area contributed by atoms with Crippen LogP contribution in [0.15, 0.2) is 42.5 Å². The average molecular weight is 346 g/mol. The van der Waals surface area contributed by atoms with Gasteiger partial charge in [0, 0.05) is 38.3 Å². The summed E-state index contributed by atoms with van der Waals surface area (Å²) in [6.45, 7) is 2.62. The zero-order valence-electron chi connectivity index (χ0n) is 14.0. The van der Waals surface area contributed by atoms with Crippen molar-refractivity contribution in [2.75, 3.05) is 33.3 Å². The first kappa shape index (κ1) is 17.4. The number of carbonyl (C=O) groups excluding carboxylic acids is 1. The summed E-state index contributed by atoms with van der Waals surface area (Å²) in [4.78, 5) is 16.4. The van der Waals surface area contributed by atoms with Crippen molar-refractivity contribution >= 4 is 5.91 Å². The van der Waals surface area contributed by atoms with Crippen molar-refractivity contribution in [3.05, 3.63) is 65.2 Å². The summed E-state index contributed by atoms with van der Waals surface area (Å²) in [5.41, 5.74) is 0.874. The highest BCUT2D eigenvalue weighted by Crippen LogP contribution is 2.21. The van der Waals surface area contributed by atoms with Crippen LogP contribution in [-0.2, 0) is 6.54 Å². The molecule has 1 heterocycles. The van der Waals surface area contributed by atoms with Gasteiger partial charge in [-0.3, -0.25) is 9.69 Å². The lowest BCUT2D eigenvalue weighted by molar-refractivity contribution is 0.0623. The molecule has 0 N–H and O–H groups in total. The molecular formula is C19H20F2N2O2. The molecule has 0 unspecified atom stereocenters. The molecule has 0 spiro atoms. The number of ether oxygens (including phenoxy) is 1. The van der Waals surface area contributed by atoms with Crippen molar-refractivity contribution in [3.8, 4) is 5.75 Å². The Morgan fingerprint density at radius 2 is 1.76 bits per heavy atom. The Kier molecular flexibility index (Phi) is 5.28. The molecule has 2 aromatic rings. The lowest BCUT2D eigenvalue weighted by atomic mass is 10.1. The van der Waals surface area contributed by atoms with E-state index < -0.39 is 11.6 Å². The zero-order chi connectivity index (χ0) is 17.8. The highest BCUT2D eigenvalue weighted by Gasteiger charge is 2.24. The molecule has 6 heteroatoms. The number of piperazine rings is 1. The highest BCUT2D eigenvalue weighted by atomic mass is 19.2. The zero-order valence-corrected chi connectivity index (χ0v) is 14.0. The van der Waals surface area contributed by atoms with E-state index in [4.69, 9.17) is 4.74 Å². The third-order valence-corrected chi connectivity index (χ3v) is 4.42. The van der Waals surface area contributed by atoms with Crippen LogP contribution in [0.5, 0.6) is 5.75 Å². The number of halogens is 2. The summed E-state index contributed by atoms with van der Waals surface area (Å²) in [7, 11) is 1.54. The van der Waals surface area contributed by atoms with Crippen LogP contribution in [0.1, 0.15) is 15.9 Å². The Labute approximate surface area is 145 Å². The van der Waals surface area contributed by atoms with Crippen molar-refractivity contribution in [3.63, 3.8) is 0 Å². The van der Waals surface area contributed by atoms with Gasteiger partial charge in [0.25, 0.3) is 5.91 Å². The summed E-state index contributed by atoms with van der Waals surface area (Å²) in [5.74, 6) is -1.15. The molecule has 1 aliphatic rings. The Morgan fingerprint density at radius 3 is 2.48 bits per heavy atom. The number of hydrogen-bond acceptors (Lipinski definition) is 3. The van der Waals surface area contributed by atoms with E-state index in [1.165, 1.54) is 13.2 Å². The van der Waals surface area contributed by atoms with Gasteiger partial charge >= 0.3 is 0 Å². The molecule has 1 fully saturated rings. The van der Waals surface area contributed by atoms with Gasteiger partial charge in [0.1, 0.15) is 5.75 Å². The number of methoxy groups -OCH3 is 1.